The number of hydrogen-bond acceptors (Lipinski definition) is 3. The number of aryl methyl sites for hydroxylation is 1. The molecule has 1 atom stereocenters. The van der Waals surface area contributed by atoms with Crippen LogP contribution >= 0.6 is 35.0 Å². The molecule has 1 N–H and O–H groups in total. The third kappa shape index (κ3) is 3.14. The molecule has 0 fully saturated rings. The number of anilines is 1. The topological polar surface area (TPSA) is 29.9 Å². The van der Waals surface area contributed by atoms with Gasteiger partial charge in [0.05, 0.1) is 10.9 Å². The molecular weight excluding hydrogens is 373 g/mol. The number of rotatable bonds is 2. The van der Waals surface area contributed by atoms with Gasteiger partial charge in [0.15, 0.2) is 0 Å². The van der Waals surface area contributed by atoms with Crippen LogP contribution in [0.3, 0.4) is 0 Å². The molecule has 4 rings (SSSR count). The van der Waals surface area contributed by atoms with Crippen LogP contribution < -0.4 is 5.32 Å². The van der Waals surface area contributed by atoms with Gasteiger partial charge in [0, 0.05) is 40.5 Å². The van der Waals surface area contributed by atoms with Crippen molar-refractivity contribution in [2.75, 3.05) is 17.6 Å². The molecule has 0 aliphatic carbocycles. The van der Waals surface area contributed by atoms with E-state index in [0.717, 1.165) is 34.9 Å². The normalized spacial score (nSPS) is 16.8. The highest BCUT2D eigenvalue weighted by Crippen LogP contribution is 2.47. The molecule has 25 heavy (non-hydrogen) atoms. The van der Waals surface area contributed by atoms with Crippen molar-refractivity contribution in [2.24, 2.45) is 7.05 Å². The van der Waals surface area contributed by atoms with Crippen molar-refractivity contribution < 1.29 is 0 Å². The second-order valence-electron chi connectivity index (χ2n) is 5.94. The Labute approximate surface area is 161 Å². The first-order valence-corrected chi connectivity index (χ1v) is 9.88. The molecule has 1 unspecified atom stereocenters. The maximum absolute atomic E-state index is 6.54. The Morgan fingerprint density at radius 2 is 1.96 bits per heavy atom. The van der Waals surface area contributed by atoms with Crippen LogP contribution in [0.5, 0.6) is 0 Å². The molecule has 1 aromatic heterocycles. The summed E-state index contributed by atoms with van der Waals surface area (Å²) in [5.41, 5.74) is 4.36. The molecule has 3 nitrogen and oxygen atoms in total. The smallest absolute Gasteiger partial charge is 0.129 e. The highest BCUT2D eigenvalue weighted by atomic mass is 35.5. The van der Waals surface area contributed by atoms with Gasteiger partial charge < -0.3 is 5.32 Å². The van der Waals surface area contributed by atoms with Crippen LogP contribution in [-0.4, -0.2) is 22.1 Å². The largest absolute Gasteiger partial charge is 0.369 e. The minimum Gasteiger partial charge on any atom is -0.369 e. The number of fused-ring (bicyclic) bond motifs is 1. The van der Waals surface area contributed by atoms with Gasteiger partial charge in [-0.25, -0.2) is 0 Å². The molecule has 0 amide bonds. The Kier molecular flexibility index (Phi) is 4.67. The highest BCUT2D eigenvalue weighted by Gasteiger charge is 2.30. The molecule has 6 heteroatoms. The van der Waals surface area contributed by atoms with Crippen LogP contribution in [0.4, 0.5) is 5.82 Å². The lowest BCUT2D eigenvalue weighted by atomic mass is 10.00. The minimum absolute atomic E-state index is 0.110. The molecular formula is C19H17Cl2N3S. The summed E-state index contributed by atoms with van der Waals surface area (Å²) >= 11 is 14.5. The number of thioether (sulfide) groups is 1. The van der Waals surface area contributed by atoms with Crippen LogP contribution in [-0.2, 0) is 7.05 Å². The molecule has 0 saturated carbocycles. The molecule has 0 radical (unpaired) electrons. The molecule has 3 aromatic rings. The Morgan fingerprint density at radius 3 is 2.72 bits per heavy atom. The number of benzene rings is 2. The molecule has 2 aromatic carbocycles. The van der Waals surface area contributed by atoms with Crippen molar-refractivity contribution in [3.63, 3.8) is 0 Å². The summed E-state index contributed by atoms with van der Waals surface area (Å²) < 4.78 is 1.93. The van der Waals surface area contributed by atoms with Crippen molar-refractivity contribution in [1.82, 2.24) is 9.78 Å². The van der Waals surface area contributed by atoms with E-state index in [1.165, 1.54) is 5.56 Å². The van der Waals surface area contributed by atoms with Crippen LogP contribution in [0.15, 0.2) is 48.5 Å². The van der Waals surface area contributed by atoms with Gasteiger partial charge in [0.25, 0.3) is 0 Å². The molecule has 1 aliphatic heterocycles. The average molecular weight is 390 g/mol. The quantitative estimate of drug-likeness (QED) is 0.614. The van der Waals surface area contributed by atoms with Gasteiger partial charge in [0.2, 0.25) is 0 Å². The standard InChI is InChI=1S/C19H17Cl2N3S/c1-24-19-16(17(23-24)12-5-3-2-4-6-12)18(25-10-9-22-19)14-8-7-13(20)11-15(14)21/h2-8,11,18,22H,9-10H2,1H3. The summed E-state index contributed by atoms with van der Waals surface area (Å²) in [6.07, 6.45) is 0. The van der Waals surface area contributed by atoms with E-state index < -0.39 is 0 Å². The summed E-state index contributed by atoms with van der Waals surface area (Å²) in [5, 5.41) is 9.78. The lowest BCUT2D eigenvalue weighted by molar-refractivity contribution is 0.774. The maximum Gasteiger partial charge on any atom is 0.129 e. The zero-order valence-corrected chi connectivity index (χ0v) is 16.0. The number of hydrogen-bond donors (Lipinski definition) is 1. The van der Waals surface area contributed by atoms with Crippen molar-refractivity contribution in [3.8, 4) is 11.3 Å². The van der Waals surface area contributed by atoms with E-state index in [4.69, 9.17) is 28.3 Å². The van der Waals surface area contributed by atoms with Crippen LogP contribution in [0.1, 0.15) is 16.4 Å². The molecule has 1 aliphatic rings. The lowest BCUT2D eigenvalue weighted by Crippen LogP contribution is -2.06. The Hall–Kier alpha value is -1.62. The number of aromatic nitrogens is 2. The maximum atomic E-state index is 6.54. The molecule has 0 saturated heterocycles. The Balaban J connectivity index is 1.92. The molecule has 128 valence electrons. The predicted molar refractivity (Wildman–Crippen MR) is 108 cm³/mol. The van der Waals surface area contributed by atoms with Crippen LogP contribution in [0, 0.1) is 0 Å². The van der Waals surface area contributed by atoms with Gasteiger partial charge in [-0.15, -0.1) is 11.8 Å². The first-order valence-electron chi connectivity index (χ1n) is 8.08. The van der Waals surface area contributed by atoms with E-state index in [-0.39, 0.29) is 5.25 Å². The SMILES string of the molecule is Cn1nc(-c2ccccc2)c2c1NCCSC2c1ccc(Cl)cc1Cl. The van der Waals surface area contributed by atoms with Crippen molar-refractivity contribution in [3.05, 3.63) is 69.7 Å². The first-order chi connectivity index (χ1) is 12.1. The third-order valence-corrected chi connectivity index (χ3v) is 6.14. The second-order valence-corrected chi connectivity index (χ2v) is 8.00. The predicted octanol–water partition coefficient (Wildman–Crippen LogP) is 5.64. The van der Waals surface area contributed by atoms with Crippen LogP contribution in [0.2, 0.25) is 10.0 Å². The highest BCUT2D eigenvalue weighted by molar-refractivity contribution is 7.99. The van der Waals surface area contributed by atoms with Gasteiger partial charge >= 0.3 is 0 Å². The second kappa shape index (κ2) is 6.94. The van der Waals surface area contributed by atoms with Gasteiger partial charge in [-0.05, 0) is 17.7 Å². The zero-order chi connectivity index (χ0) is 17.4. The first kappa shape index (κ1) is 16.8. The number of nitrogens with zero attached hydrogens (tertiary/aromatic N) is 2. The summed E-state index contributed by atoms with van der Waals surface area (Å²) in [6.45, 7) is 0.896. The van der Waals surface area contributed by atoms with E-state index in [0.29, 0.717) is 10.0 Å². The van der Waals surface area contributed by atoms with Gasteiger partial charge in [0.1, 0.15) is 5.82 Å². The van der Waals surface area contributed by atoms with Gasteiger partial charge in [-0.1, -0.05) is 59.6 Å². The summed E-state index contributed by atoms with van der Waals surface area (Å²) in [7, 11) is 1.98. The van der Waals surface area contributed by atoms with E-state index in [1.807, 2.05) is 59.9 Å². The molecule has 2 heterocycles. The molecule has 0 bridgehead atoms. The van der Waals surface area contributed by atoms with Crippen molar-refractivity contribution >= 4 is 40.8 Å². The van der Waals surface area contributed by atoms with Crippen LogP contribution in [0.25, 0.3) is 11.3 Å². The van der Waals surface area contributed by atoms with Gasteiger partial charge in [-0.2, -0.15) is 5.10 Å². The van der Waals surface area contributed by atoms with E-state index in [2.05, 4.69) is 17.4 Å². The Bertz CT molecular complexity index is 909. The minimum atomic E-state index is 0.110. The van der Waals surface area contributed by atoms with Crippen molar-refractivity contribution in [2.45, 2.75) is 5.25 Å². The van der Waals surface area contributed by atoms with E-state index in [1.54, 1.807) is 0 Å². The van der Waals surface area contributed by atoms with E-state index >= 15 is 0 Å². The fourth-order valence-corrected chi connectivity index (χ4v) is 5.01. The fraction of sp³-hybridized carbons (Fsp3) is 0.211. The Morgan fingerprint density at radius 1 is 1.16 bits per heavy atom. The van der Waals surface area contributed by atoms with E-state index in [9.17, 15) is 0 Å². The zero-order valence-electron chi connectivity index (χ0n) is 13.7. The van der Waals surface area contributed by atoms with Crippen molar-refractivity contribution in [1.29, 1.82) is 0 Å². The molecule has 0 spiro atoms. The monoisotopic (exact) mass is 389 g/mol. The summed E-state index contributed by atoms with van der Waals surface area (Å²) in [4.78, 5) is 0. The lowest BCUT2D eigenvalue weighted by Gasteiger charge is -2.18. The number of halogens is 2. The summed E-state index contributed by atoms with van der Waals surface area (Å²) in [5.74, 6) is 2.05. The van der Waals surface area contributed by atoms with Gasteiger partial charge in [-0.3, -0.25) is 4.68 Å². The fourth-order valence-electron chi connectivity index (χ4n) is 3.20. The third-order valence-electron chi connectivity index (χ3n) is 4.32. The average Bonchev–Trinajstić information content (AvgIpc) is 2.79. The number of nitrogens with one attached hydrogen (secondary N) is 1. The summed E-state index contributed by atoms with van der Waals surface area (Å²) in [6, 6.07) is 16.0.